The molecule has 0 heterocycles. The summed E-state index contributed by atoms with van der Waals surface area (Å²) >= 11 is 3.36. The summed E-state index contributed by atoms with van der Waals surface area (Å²) in [6, 6.07) is 11.8. The van der Waals surface area contributed by atoms with E-state index >= 15 is 0 Å². The number of benzene rings is 2. The number of amides is 1. The van der Waals surface area contributed by atoms with Gasteiger partial charge < -0.3 is 15.5 Å². The summed E-state index contributed by atoms with van der Waals surface area (Å²) < 4.78 is 0. The summed E-state index contributed by atoms with van der Waals surface area (Å²) in [6.07, 6.45) is 2.92. The van der Waals surface area contributed by atoms with Gasteiger partial charge in [-0.05, 0) is 41.5 Å². The second kappa shape index (κ2) is 6.95. The molecule has 5 heteroatoms. The van der Waals surface area contributed by atoms with Crippen molar-refractivity contribution in [3.05, 3.63) is 59.7 Å². The summed E-state index contributed by atoms with van der Waals surface area (Å²) in [5, 5.41) is 22.1. The van der Waals surface area contributed by atoms with Gasteiger partial charge in [0.1, 0.15) is 0 Å². The van der Waals surface area contributed by atoms with Crippen molar-refractivity contribution < 1.29 is 15.0 Å². The van der Waals surface area contributed by atoms with Gasteiger partial charge in [0.05, 0.1) is 0 Å². The molecule has 2 rings (SSSR count). The lowest BCUT2D eigenvalue weighted by Crippen LogP contribution is -2.07. The van der Waals surface area contributed by atoms with Crippen LogP contribution in [0.2, 0.25) is 0 Å². The second-order valence-corrected chi connectivity index (χ2v) is 4.96. The molecule has 4 nitrogen and oxygen atoms in total. The van der Waals surface area contributed by atoms with Crippen molar-refractivity contribution in [1.29, 1.82) is 0 Å². The number of hydrogen-bond donors (Lipinski definition) is 3. The van der Waals surface area contributed by atoms with E-state index in [1.165, 1.54) is 18.2 Å². The van der Waals surface area contributed by atoms with Crippen LogP contribution in [0, 0.1) is 0 Å². The van der Waals surface area contributed by atoms with Crippen molar-refractivity contribution >= 4 is 33.6 Å². The number of halogens is 1. The molecular formula is C16H14BrNO3. The minimum atomic E-state index is -0.269. The SMILES string of the molecule is O=C(/C=C/c1ccc(O)c(O)c1)Nc1ccc(CBr)cc1. The average Bonchev–Trinajstić information content (AvgIpc) is 2.49. The fourth-order valence-electron chi connectivity index (χ4n) is 1.68. The largest absolute Gasteiger partial charge is 0.504 e. The fraction of sp³-hybridized carbons (Fsp3) is 0.0625. The Balaban J connectivity index is 1.99. The standard InChI is InChI=1S/C16H14BrNO3/c17-10-12-1-5-13(6-2-12)18-16(21)8-4-11-3-7-14(19)15(20)9-11/h1-9,19-20H,10H2,(H,18,21)/b8-4+. The predicted molar refractivity (Wildman–Crippen MR) is 86.5 cm³/mol. The smallest absolute Gasteiger partial charge is 0.248 e. The summed E-state index contributed by atoms with van der Waals surface area (Å²) in [5.41, 5.74) is 2.46. The number of carbonyl (C=O) groups is 1. The van der Waals surface area contributed by atoms with Gasteiger partial charge in [-0.3, -0.25) is 4.79 Å². The highest BCUT2D eigenvalue weighted by atomic mass is 79.9. The predicted octanol–water partition coefficient (Wildman–Crippen LogP) is 3.64. The Hall–Kier alpha value is -2.27. The minimum absolute atomic E-state index is 0.191. The fourth-order valence-corrected chi connectivity index (χ4v) is 2.05. The molecule has 2 aromatic carbocycles. The number of carbonyl (C=O) groups excluding carboxylic acids is 1. The van der Waals surface area contributed by atoms with Crippen LogP contribution in [0.3, 0.4) is 0 Å². The van der Waals surface area contributed by atoms with Crippen molar-refractivity contribution in [2.45, 2.75) is 5.33 Å². The monoisotopic (exact) mass is 347 g/mol. The molecule has 0 atom stereocenters. The number of rotatable bonds is 4. The lowest BCUT2D eigenvalue weighted by Gasteiger charge is -2.03. The molecule has 0 spiro atoms. The zero-order valence-electron chi connectivity index (χ0n) is 11.1. The third-order valence-electron chi connectivity index (χ3n) is 2.80. The number of phenols is 2. The molecule has 0 bridgehead atoms. The molecule has 0 saturated heterocycles. The Labute approximate surface area is 130 Å². The maximum Gasteiger partial charge on any atom is 0.248 e. The van der Waals surface area contributed by atoms with Gasteiger partial charge in [0.2, 0.25) is 5.91 Å². The van der Waals surface area contributed by atoms with Gasteiger partial charge in [-0.1, -0.05) is 34.1 Å². The van der Waals surface area contributed by atoms with Gasteiger partial charge in [-0.2, -0.15) is 0 Å². The Morgan fingerprint density at radius 1 is 1.10 bits per heavy atom. The molecule has 0 aromatic heterocycles. The first-order valence-electron chi connectivity index (χ1n) is 6.24. The van der Waals surface area contributed by atoms with Crippen LogP contribution in [0.25, 0.3) is 6.08 Å². The van der Waals surface area contributed by atoms with Crippen molar-refractivity contribution in [2.24, 2.45) is 0 Å². The van der Waals surface area contributed by atoms with E-state index < -0.39 is 0 Å². The summed E-state index contributed by atoms with van der Waals surface area (Å²) in [6.45, 7) is 0. The molecule has 108 valence electrons. The Morgan fingerprint density at radius 3 is 2.43 bits per heavy atom. The Bertz CT molecular complexity index is 666. The molecule has 21 heavy (non-hydrogen) atoms. The van der Waals surface area contributed by atoms with E-state index in [9.17, 15) is 15.0 Å². The Kier molecular flexibility index (Phi) is 5.00. The van der Waals surface area contributed by atoms with Gasteiger partial charge in [0, 0.05) is 17.1 Å². The number of hydrogen-bond acceptors (Lipinski definition) is 3. The van der Waals surface area contributed by atoms with Crippen molar-refractivity contribution in [1.82, 2.24) is 0 Å². The van der Waals surface area contributed by atoms with Crippen LogP contribution in [-0.4, -0.2) is 16.1 Å². The third kappa shape index (κ3) is 4.36. The highest BCUT2D eigenvalue weighted by Crippen LogP contribution is 2.25. The quantitative estimate of drug-likeness (QED) is 0.449. The normalized spacial score (nSPS) is 10.7. The van der Waals surface area contributed by atoms with Crippen LogP contribution in [0.15, 0.2) is 48.5 Å². The summed E-state index contributed by atoms with van der Waals surface area (Å²) in [5.74, 6) is -0.680. The van der Waals surface area contributed by atoms with Gasteiger partial charge in [0.15, 0.2) is 11.5 Å². The molecular weight excluding hydrogens is 334 g/mol. The second-order valence-electron chi connectivity index (χ2n) is 4.40. The topological polar surface area (TPSA) is 69.6 Å². The van der Waals surface area contributed by atoms with Gasteiger partial charge in [0.25, 0.3) is 0 Å². The van der Waals surface area contributed by atoms with Gasteiger partial charge >= 0.3 is 0 Å². The van der Waals surface area contributed by atoms with E-state index in [2.05, 4.69) is 21.2 Å². The number of nitrogens with one attached hydrogen (secondary N) is 1. The van der Waals surface area contributed by atoms with Crippen LogP contribution in [0.4, 0.5) is 5.69 Å². The zero-order chi connectivity index (χ0) is 15.2. The lowest BCUT2D eigenvalue weighted by atomic mass is 10.2. The molecule has 0 fully saturated rings. The molecule has 1 amide bonds. The third-order valence-corrected chi connectivity index (χ3v) is 3.45. The van der Waals surface area contributed by atoms with Crippen LogP contribution in [0.1, 0.15) is 11.1 Å². The van der Waals surface area contributed by atoms with Gasteiger partial charge in [-0.25, -0.2) is 0 Å². The van der Waals surface area contributed by atoms with Crippen LogP contribution in [-0.2, 0) is 10.1 Å². The molecule has 0 aliphatic rings. The number of alkyl halides is 1. The number of phenolic OH excluding ortho intramolecular Hbond substituents is 2. The number of aromatic hydroxyl groups is 2. The zero-order valence-corrected chi connectivity index (χ0v) is 12.7. The van der Waals surface area contributed by atoms with E-state index in [0.717, 1.165) is 10.9 Å². The Morgan fingerprint density at radius 2 is 1.81 bits per heavy atom. The molecule has 0 aliphatic heterocycles. The highest BCUT2D eigenvalue weighted by Gasteiger charge is 2.00. The minimum Gasteiger partial charge on any atom is -0.504 e. The van der Waals surface area contributed by atoms with Gasteiger partial charge in [-0.15, -0.1) is 0 Å². The average molecular weight is 348 g/mol. The lowest BCUT2D eigenvalue weighted by molar-refractivity contribution is -0.111. The van der Waals surface area contributed by atoms with E-state index in [4.69, 9.17) is 0 Å². The van der Waals surface area contributed by atoms with Crippen molar-refractivity contribution in [3.63, 3.8) is 0 Å². The number of anilines is 1. The molecule has 3 N–H and O–H groups in total. The van der Waals surface area contributed by atoms with Crippen molar-refractivity contribution in [3.8, 4) is 11.5 Å². The molecule has 0 radical (unpaired) electrons. The van der Waals surface area contributed by atoms with Crippen LogP contribution in [0.5, 0.6) is 11.5 Å². The first-order chi connectivity index (χ1) is 10.1. The van der Waals surface area contributed by atoms with E-state index in [0.29, 0.717) is 11.3 Å². The molecule has 2 aromatic rings. The van der Waals surface area contributed by atoms with Crippen molar-refractivity contribution in [2.75, 3.05) is 5.32 Å². The van der Waals surface area contributed by atoms with E-state index in [-0.39, 0.29) is 17.4 Å². The first kappa shape index (κ1) is 15.1. The van der Waals surface area contributed by atoms with Crippen LogP contribution >= 0.6 is 15.9 Å². The maximum absolute atomic E-state index is 11.8. The summed E-state index contributed by atoms with van der Waals surface area (Å²) in [7, 11) is 0. The molecule has 0 aliphatic carbocycles. The van der Waals surface area contributed by atoms with E-state index in [1.807, 2.05) is 24.3 Å². The first-order valence-corrected chi connectivity index (χ1v) is 7.36. The summed E-state index contributed by atoms with van der Waals surface area (Å²) in [4.78, 5) is 11.8. The maximum atomic E-state index is 11.8. The van der Waals surface area contributed by atoms with E-state index in [1.54, 1.807) is 12.1 Å². The molecule has 0 saturated carbocycles. The highest BCUT2D eigenvalue weighted by molar-refractivity contribution is 9.08. The van der Waals surface area contributed by atoms with Crippen LogP contribution < -0.4 is 5.32 Å². The molecule has 0 unspecified atom stereocenters.